The Morgan fingerprint density at radius 1 is 0.618 bits per heavy atom. The van der Waals surface area contributed by atoms with E-state index in [4.69, 9.17) is 14.7 Å². The van der Waals surface area contributed by atoms with Gasteiger partial charge in [-0.3, -0.25) is 0 Å². The van der Waals surface area contributed by atoms with Gasteiger partial charge in [-0.15, -0.1) is 0 Å². The number of hydrogen-bond acceptors (Lipinski definition) is 3. The van der Waals surface area contributed by atoms with Crippen LogP contribution in [0.3, 0.4) is 0 Å². The number of rotatable bonds is 4. The average Bonchev–Trinajstić information content (AvgIpc) is 2.91. The SMILES string of the molecule is COc1ccc(C=Cc2cc(-c3ccc4ccccc4n3)nc3ccc4ccccc4c23)cc1. The second-order valence-electron chi connectivity index (χ2n) is 8.27. The molecule has 0 unspecified atom stereocenters. The third kappa shape index (κ3) is 3.67. The third-order valence-corrected chi connectivity index (χ3v) is 6.16. The number of pyridine rings is 2. The Bertz CT molecular complexity index is 1680. The highest BCUT2D eigenvalue weighted by molar-refractivity contribution is 6.11. The number of hydrogen-bond donors (Lipinski definition) is 0. The van der Waals surface area contributed by atoms with E-state index in [1.165, 1.54) is 10.8 Å². The molecule has 0 fully saturated rings. The highest BCUT2D eigenvalue weighted by Gasteiger charge is 2.11. The molecule has 3 nitrogen and oxygen atoms in total. The molecule has 162 valence electrons. The molecule has 0 saturated carbocycles. The minimum absolute atomic E-state index is 0.849. The van der Waals surface area contributed by atoms with E-state index in [0.717, 1.165) is 50.1 Å². The summed E-state index contributed by atoms with van der Waals surface area (Å²) in [4.78, 5) is 9.92. The summed E-state index contributed by atoms with van der Waals surface area (Å²) in [6, 6.07) is 35.2. The fourth-order valence-electron chi connectivity index (χ4n) is 4.41. The van der Waals surface area contributed by atoms with E-state index >= 15 is 0 Å². The lowest BCUT2D eigenvalue weighted by Gasteiger charge is -2.11. The number of nitrogens with zero attached hydrogens (tertiary/aromatic N) is 2. The molecule has 0 bridgehead atoms. The van der Waals surface area contributed by atoms with Gasteiger partial charge in [-0.2, -0.15) is 0 Å². The molecule has 6 rings (SSSR count). The van der Waals surface area contributed by atoms with Gasteiger partial charge in [-0.25, -0.2) is 9.97 Å². The summed E-state index contributed by atoms with van der Waals surface area (Å²) in [5.41, 5.74) is 5.88. The highest BCUT2D eigenvalue weighted by atomic mass is 16.5. The molecule has 6 aromatic rings. The molecule has 0 saturated heterocycles. The molecule has 0 aliphatic carbocycles. The van der Waals surface area contributed by atoms with Crippen molar-refractivity contribution in [1.82, 2.24) is 9.97 Å². The van der Waals surface area contributed by atoms with Crippen molar-refractivity contribution in [3.05, 3.63) is 114 Å². The average molecular weight is 439 g/mol. The van der Waals surface area contributed by atoms with Crippen molar-refractivity contribution in [1.29, 1.82) is 0 Å². The van der Waals surface area contributed by atoms with Crippen molar-refractivity contribution >= 4 is 44.7 Å². The first-order valence-electron chi connectivity index (χ1n) is 11.3. The number of benzene rings is 4. The van der Waals surface area contributed by atoms with Crippen LogP contribution in [0.4, 0.5) is 0 Å². The lowest BCUT2D eigenvalue weighted by atomic mass is 9.98. The normalized spacial score (nSPS) is 11.6. The van der Waals surface area contributed by atoms with Crippen molar-refractivity contribution in [2.45, 2.75) is 0 Å². The summed E-state index contributed by atoms with van der Waals surface area (Å²) >= 11 is 0. The molecule has 34 heavy (non-hydrogen) atoms. The largest absolute Gasteiger partial charge is 0.497 e. The Morgan fingerprint density at radius 2 is 1.35 bits per heavy atom. The van der Waals surface area contributed by atoms with Crippen molar-refractivity contribution in [3.8, 4) is 17.1 Å². The van der Waals surface area contributed by atoms with Gasteiger partial charge in [0.05, 0.1) is 29.5 Å². The second-order valence-corrected chi connectivity index (χ2v) is 8.27. The summed E-state index contributed by atoms with van der Waals surface area (Å²) in [7, 11) is 1.68. The maximum absolute atomic E-state index is 5.29. The van der Waals surface area contributed by atoms with Gasteiger partial charge in [-0.1, -0.05) is 78.9 Å². The molecule has 3 heteroatoms. The minimum Gasteiger partial charge on any atom is -0.497 e. The lowest BCUT2D eigenvalue weighted by molar-refractivity contribution is 0.415. The standard InChI is InChI=1S/C31H22N2O/c1-34-25-16-11-21(12-17-25)10-13-24-20-30(28-18-15-23-7-3-5-9-27(23)32-28)33-29-19-14-22-6-2-4-8-26(22)31(24)29/h2-20H,1H3. The Hall–Kier alpha value is -4.50. The molecule has 0 aliphatic heterocycles. The van der Waals surface area contributed by atoms with Crippen LogP contribution in [-0.2, 0) is 0 Å². The van der Waals surface area contributed by atoms with Gasteiger partial charge in [0.1, 0.15) is 5.75 Å². The van der Waals surface area contributed by atoms with Crippen LogP contribution >= 0.6 is 0 Å². The van der Waals surface area contributed by atoms with Crippen LogP contribution in [-0.4, -0.2) is 17.1 Å². The van der Waals surface area contributed by atoms with Gasteiger partial charge < -0.3 is 4.74 Å². The van der Waals surface area contributed by atoms with Crippen LogP contribution < -0.4 is 4.74 Å². The van der Waals surface area contributed by atoms with Crippen molar-refractivity contribution in [2.24, 2.45) is 0 Å². The number of fused-ring (bicyclic) bond motifs is 4. The summed E-state index contributed by atoms with van der Waals surface area (Å²) in [6.07, 6.45) is 4.30. The monoisotopic (exact) mass is 438 g/mol. The Labute approximate surface area is 198 Å². The summed E-state index contributed by atoms with van der Waals surface area (Å²) < 4.78 is 5.29. The predicted octanol–water partition coefficient (Wildman–Crippen LogP) is 7.78. The molecule has 2 aromatic heterocycles. The van der Waals surface area contributed by atoms with Gasteiger partial charge in [-0.05, 0) is 58.3 Å². The summed E-state index contributed by atoms with van der Waals surface area (Å²) in [6.45, 7) is 0. The first-order chi connectivity index (χ1) is 16.8. The van der Waals surface area contributed by atoms with Crippen molar-refractivity contribution in [2.75, 3.05) is 7.11 Å². The Balaban J connectivity index is 1.55. The first-order valence-corrected chi connectivity index (χ1v) is 11.3. The predicted molar refractivity (Wildman–Crippen MR) is 142 cm³/mol. The zero-order valence-corrected chi connectivity index (χ0v) is 18.8. The van der Waals surface area contributed by atoms with Gasteiger partial charge in [0.15, 0.2) is 0 Å². The van der Waals surface area contributed by atoms with E-state index in [0.29, 0.717) is 0 Å². The highest BCUT2D eigenvalue weighted by Crippen LogP contribution is 2.32. The van der Waals surface area contributed by atoms with Crippen LogP contribution in [0.25, 0.3) is 56.1 Å². The maximum atomic E-state index is 5.29. The smallest absolute Gasteiger partial charge is 0.118 e. The first kappa shape index (κ1) is 20.1. The van der Waals surface area contributed by atoms with Crippen LogP contribution in [0.1, 0.15) is 11.1 Å². The van der Waals surface area contributed by atoms with E-state index in [2.05, 4.69) is 84.9 Å². The van der Waals surface area contributed by atoms with Crippen molar-refractivity contribution < 1.29 is 4.74 Å². The molecule has 0 amide bonds. The molecular formula is C31H22N2O. The van der Waals surface area contributed by atoms with Crippen molar-refractivity contribution in [3.63, 3.8) is 0 Å². The van der Waals surface area contributed by atoms with Crippen LogP contribution in [0.15, 0.2) is 103 Å². The Kier molecular flexibility index (Phi) is 5.00. The molecule has 0 aliphatic rings. The van der Waals surface area contributed by atoms with E-state index in [1.54, 1.807) is 7.11 Å². The molecule has 4 aromatic carbocycles. The van der Waals surface area contributed by atoms with Crippen LogP contribution in [0.2, 0.25) is 0 Å². The molecule has 0 spiro atoms. The quantitative estimate of drug-likeness (QED) is 0.264. The lowest BCUT2D eigenvalue weighted by Crippen LogP contribution is -1.93. The summed E-state index contributed by atoms with van der Waals surface area (Å²) in [5.74, 6) is 0.849. The third-order valence-electron chi connectivity index (χ3n) is 6.16. The molecular weight excluding hydrogens is 416 g/mol. The zero-order chi connectivity index (χ0) is 22.9. The topological polar surface area (TPSA) is 35.0 Å². The van der Waals surface area contributed by atoms with E-state index < -0.39 is 0 Å². The molecule has 2 heterocycles. The van der Waals surface area contributed by atoms with Gasteiger partial charge in [0.2, 0.25) is 0 Å². The van der Waals surface area contributed by atoms with Crippen LogP contribution in [0, 0.1) is 0 Å². The fraction of sp³-hybridized carbons (Fsp3) is 0.0323. The maximum Gasteiger partial charge on any atom is 0.118 e. The van der Waals surface area contributed by atoms with Crippen LogP contribution in [0.5, 0.6) is 5.75 Å². The number of ether oxygens (including phenoxy) is 1. The summed E-state index contributed by atoms with van der Waals surface area (Å²) in [5, 5.41) is 4.66. The minimum atomic E-state index is 0.849. The molecule has 0 N–H and O–H groups in total. The van der Waals surface area contributed by atoms with Gasteiger partial charge in [0, 0.05) is 10.8 Å². The molecule has 0 radical (unpaired) electrons. The second kappa shape index (κ2) is 8.45. The van der Waals surface area contributed by atoms with E-state index in [1.807, 2.05) is 30.3 Å². The molecule has 0 atom stereocenters. The zero-order valence-electron chi connectivity index (χ0n) is 18.8. The van der Waals surface area contributed by atoms with Gasteiger partial charge in [0.25, 0.3) is 0 Å². The number of aromatic nitrogens is 2. The Morgan fingerprint density at radius 3 is 2.21 bits per heavy atom. The van der Waals surface area contributed by atoms with E-state index in [9.17, 15) is 0 Å². The fourth-order valence-corrected chi connectivity index (χ4v) is 4.41. The number of para-hydroxylation sites is 1. The number of methoxy groups -OCH3 is 1. The van der Waals surface area contributed by atoms with Gasteiger partial charge >= 0.3 is 0 Å². The van der Waals surface area contributed by atoms with E-state index in [-0.39, 0.29) is 0 Å².